The SMILES string of the molecule is CC(C)(C=O)OC1CC(=O)NC1=O. The van der Waals surface area contributed by atoms with E-state index in [0.29, 0.717) is 6.29 Å². The third kappa shape index (κ3) is 2.35. The van der Waals surface area contributed by atoms with Crippen molar-refractivity contribution in [3.63, 3.8) is 0 Å². The molecule has 0 saturated carbocycles. The van der Waals surface area contributed by atoms with Gasteiger partial charge in [0.25, 0.3) is 5.91 Å². The van der Waals surface area contributed by atoms with Crippen LogP contribution in [0.25, 0.3) is 0 Å². The van der Waals surface area contributed by atoms with Gasteiger partial charge in [-0.25, -0.2) is 0 Å². The van der Waals surface area contributed by atoms with Crippen molar-refractivity contribution in [2.45, 2.75) is 32.0 Å². The minimum absolute atomic E-state index is 0.00387. The maximum Gasteiger partial charge on any atom is 0.256 e. The Morgan fingerprint density at radius 1 is 1.54 bits per heavy atom. The summed E-state index contributed by atoms with van der Waals surface area (Å²) in [5.74, 6) is -0.836. The van der Waals surface area contributed by atoms with Gasteiger partial charge in [-0.15, -0.1) is 0 Å². The van der Waals surface area contributed by atoms with Crippen LogP contribution in [-0.4, -0.2) is 29.8 Å². The zero-order valence-electron chi connectivity index (χ0n) is 7.49. The first-order valence-electron chi connectivity index (χ1n) is 3.92. The average molecular weight is 185 g/mol. The normalized spacial score (nSPS) is 23.1. The lowest BCUT2D eigenvalue weighted by Gasteiger charge is -2.20. The van der Waals surface area contributed by atoms with Gasteiger partial charge in [0.1, 0.15) is 11.7 Å². The van der Waals surface area contributed by atoms with E-state index in [9.17, 15) is 14.4 Å². The second-order valence-electron chi connectivity index (χ2n) is 3.44. The van der Waals surface area contributed by atoms with Crippen LogP contribution in [0.3, 0.4) is 0 Å². The number of aldehydes is 1. The molecule has 1 atom stereocenters. The summed E-state index contributed by atoms with van der Waals surface area (Å²) < 4.78 is 5.13. The van der Waals surface area contributed by atoms with Crippen LogP contribution < -0.4 is 5.32 Å². The molecule has 13 heavy (non-hydrogen) atoms. The lowest BCUT2D eigenvalue weighted by atomic mass is 10.1. The molecule has 2 amide bonds. The van der Waals surface area contributed by atoms with Gasteiger partial charge in [0.05, 0.1) is 6.42 Å². The molecule has 0 aromatic rings. The van der Waals surface area contributed by atoms with Gasteiger partial charge in [-0.1, -0.05) is 0 Å². The summed E-state index contributed by atoms with van der Waals surface area (Å²) in [5.41, 5.74) is -1.02. The Morgan fingerprint density at radius 2 is 2.15 bits per heavy atom. The average Bonchev–Trinajstić information content (AvgIpc) is 2.30. The summed E-state index contributed by atoms with van der Waals surface area (Å²) in [6, 6.07) is 0. The van der Waals surface area contributed by atoms with Crippen LogP contribution in [-0.2, 0) is 19.1 Å². The smallest absolute Gasteiger partial charge is 0.256 e. The minimum Gasteiger partial charge on any atom is -0.354 e. The topological polar surface area (TPSA) is 72.5 Å². The fourth-order valence-electron chi connectivity index (χ4n) is 1.02. The van der Waals surface area contributed by atoms with Crippen LogP contribution in [0.15, 0.2) is 0 Å². The van der Waals surface area contributed by atoms with E-state index in [0.717, 1.165) is 0 Å². The van der Waals surface area contributed by atoms with Crippen molar-refractivity contribution in [2.75, 3.05) is 0 Å². The molecule has 1 heterocycles. The molecule has 1 unspecified atom stereocenters. The predicted molar refractivity (Wildman–Crippen MR) is 42.8 cm³/mol. The lowest BCUT2D eigenvalue weighted by Crippen LogP contribution is -2.36. The molecule has 0 bridgehead atoms. The van der Waals surface area contributed by atoms with Crippen LogP contribution in [0.4, 0.5) is 0 Å². The Labute approximate surface area is 75.4 Å². The highest BCUT2D eigenvalue weighted by Crippen LogP contribution is 2.15. The number of imide groups is 1. The monoisotopic (exact) mass is 185 g/mol. The highest BCUT2D eigenvalue weighted by Gasteiger charge is 2.35. The molecule has 1 aliphatic heterocycles. The molecular weight excluding hydrogens is 174 g/mol. The molecule has 5 nitrogen and oxygen atoms in total. The molecule has 1 aliphatic rings. The molecule has 1 N–H and O–H groups in total. The van der Waals surface area contributed by atoms with Gasteiger partial charge in [0, 0.05) is 0 Å². The fourth-order valence-corrected chi connectivity index (χ4v) is 1.02. The molecule has 1 saturated heterocycles. The summed E-state index contributed by atoms with van der Waals surface area (Å²) in [4.78, 5) is 32.2. The van der Waals surface area contributed by atoms with Crippen molar-refractivity contribution in [1.82, 2.24) is 5.32 Å². The highest BCUT2D eigenvalue weighted by atomic mass is 16.5. The Hall–Kier alpha value is -1.23. The number of hydrogen-bond donors (Lipinski definition) is 1. The Kier molecular flexibility index (Phi) is 2.47. The lowest BCUT2D eigenvalue weighted by molar-refractivity contribution is -0.145. The largest absolute Gasteiger partial charge is 0.354 e. The van der Waals surface area contributed by atoms with Gasteiger partial charge in [-0.05, 0) is 13.8 Å². The first-order chi connectivity index (χ1) is 5.94. The Bertz CT molecular complexity index is 259. The standard InChI is InChI=1S/C8H11NO4/c1-8(2,4-10)13-5-3-6(11)9-7(5)12/h4-5H,3H2,1-2H3,(H,9,11,12). The van der Waals surface area contributed by atoms with Gasteiger partial charge in [0.15, 0.2) is 6.29 Å². The fraction of sp³-hybridized carbons (Fsp3) is 0.625. The summed E-state index contributed by atoms with van der Waals surface area (Å²) >= 11 is 0. The van der Waals surface area contributed by atoms with Crippen LogP contribution in [0.2, 0.25) is 0 Å². The van der Waals surface area contributed by atoms with Crippen molar-refractivity contribution in [2.24, 2.45) is 0 Å². The summed E-state index contributed by atoms with van der Waals surface area (Å²) in [5, 5.41) is 2.09. The molecule has 0 aromatic carbocycles. The molecule has 1 rings (SSSR count). The molecule has 0 aliphatic carbocycles. The van der Waals surface area contributed by atoms with E-state index in [1.807, 2.05) is 0 Å². The molecule has 1 fully saturated rings. The van der Waals surface area contributed by atoms with Crippen molar-refractivity contribution < 1.29 is 19.1 Å². The quantitative estimate of drug-likeness (QED) is 0.470. The molecule has 0 aromatic heterocycles. The van der Waals surface area contributed by atoms with Crippen LogP contribution >= 0.6 is 0 Å². The maximum atomic E-state index is 11.0. The number of ether oxygens (including phenoxy) is 1. The molecular formula is C8H11NO4. The zero-order chi connectivity index (χ0) is 10.1. The van der Waals surface area contributed by atoms with Crippen LogP contribution in [0.1, 0.15) is 20.3 Å². The van der Waals surface area contributed by atoms with Crippen molar-refractivity contribution >= 4 is 18.1 Å². The molecule has 0 spiro atoms. The third-order valence-electron chi connectivity index (χ3n) is 1.66. The maximum absolute atomic E-state index is 11.0. The summed E-state index contributed by atoms with van der Waals surface area (Å²) in [6.45, 7) is 3.08. The van der Waals surface area contributed by atoms with Gasteiger partial charge in [0.2, 0.25) is 5.91 Å². The predicted octanol–water partition coefficient (Wildman–Crippen LogP) is -0.604. The van der Waals surface area contributed by atoms with Crippen LogP contribution in [0.5, 0.6) is 0 Å². The van der Waals surface area contributed by atoms with Crippen LogP contribution in [0, 0.1) is 0 Å². The second kappa shape index (κ2) is 3.26. The van der Waals surface area contributed by atoms with E-state index in [2.05, 4.69) is 5.32 Å². The number of rotatable bonds is 3. The van der Waals surface area contributed by atoms with Gasteiger partial charge < -0.3 is 9.53 Å². The Morgan fingerprint density at radius 3 is 2.54 bits per heavy atom. The van der Waals surface area contributed by atoms with Gasteiger partial charge >= 0.3 is 0 Å². The Balaban J connectivity index is 2.60. The van der Waals surface area contributed by atoms with Crippen molar-refractivity contribution in [1.29, 1.82) is 0 Å². The van der Waals surface area contributed by atoms with E-state index in [1.54, 1.807) is 0 Å². The van der Waals surface area contributed by atoms with E-state index >= 15 is 0 Å². The van der Waals surface area contributed by atoms with Gasteiger partial charge in [-0.2, -0.15) is 0 Å². The number of carbonyl (C=O) groups is 3. The molecule has 0 radical (unpaired) electrons. The number of amides is 2. The van der Waals surface area contributed by atoms with Crippen molar-refractivity contribution in [3.8, 4) is 0 Å². The summed E-state index contributed by atoms with van der Waals surface area (Å²) in [7, 11) is 0. The van der Waals surface area contributed by atoms with E-state index in [1.165, 1.54) is 13.8 Å². The molecule has 5 heteroatoms. The number of hydrogen-bond acceptors (Lipinski definition) is 4. The second-order valence-corrected chi connectivity index (χ2v) is 3.44. The third-order valence-corrected chi connectivity index (χ3v) is 1.66. The number of carbonyl (C=O) groups excluding carboxylic acids is 3. The van der Waals surface area contributed by atoms with Crippen molar-refractivity contribution in [3.05, 3.63) is 0 Å². The van der Waals surface area contributed by atoms with E-state index in [4.69, 9.17) is 4.74 Å². The number of nitrogens with one attached hydrogen (secondary N) is 1. The first kappa shape index (κ1) is 9.85. The van der Waals surface area contributed by atoms with Gasteiger partial charge in [-0.3, -0.25) is 14.9 Å². The van der Waals surface area contributed by atoms with E-state index < -0.39 is 17.6 Å². The molecule has 72 valence electrons. The summed E-state index contributed by atoms with van der Waals surface area (Å²) in [6.07, 6.45) is -0.230. The van der Waals surface area contributed by atoms with E-state index in [-0.39, 0.29) is 12.3 Å². The first-order valence-corrected chi connectivity index (χ1v) is 3.92. The minimum atomic E-state index is -1.02. The zero-order valence-corrected chi connectivity index (χ0v) is 7.49. The highest BCUT2D eigenvalue weighted by molar-refractivity contribution is 6.05.